The summed E-state index contributed by atoms with van der Waals surface area (Å²) >= 11 is 1.85. The topological polar surface area (TPSA) is 46.5 Å². The second-order valence-electron chi connectivity index (χ2n) is 6.41. The molecule has 0 bridgehead atoms. The van der Waals surface area contributed by atoms with Gasteiger partial charge in [-0.05, 0) is 29.3 Å². The second-order valence-corrected chi connectivity index (χ2v) is 7.40. The molecule has 1 N–H and O–H groups in total. The third-order valence-electron chi connectivity index (χ3n) is 4.07. The van der Waals surface area contributed by atoms with Gasteiger partial charge in [-0.2, -0.15) is 11.8 Å². The van der Waals surface area contributed by atoms with Gasteiger partial charge in [-0.3, -0.25) is 4.79 Å². The van der Waals surface area contributed by atoms with Gasteiger partial charge in [0.25, 0.3) is 0 Å². The van der Waals surface area contributed by atoms with Crippen molar-refractivity contribution in [3.8, 4) is 11.5 Å². The smallest absolute Gasteiger partial charge is 0.307 e. The van der Waals surface area contributed by atoms with Crippen molar-refractivity contribution in [1.82, 2.24) is 0 Å². The molecule has 3 aromatic carbocycles. The van der Waals surface area contributed by atoms with Crippen LogP contribution in [0.2, 0.25) is 0 Å². The van der Waals surface area contributed by atoms with Gasteiger partial charge in [0, 0.05) is 17.1 Å². The van der Waals surface area contributed by atoms with Crippen molar-refractivity contribution in [3.63, 3.8) is 0 Å². The van der Waals surface area contributed by atoms with E-state index in [2.05, 4.69) is 38.2 Å². The summed E-state index contributed by atoms with van der Waals surface area (Å²) in [5, 5.41) is 8.97. The van der Waals surface area contributed by atoms with Gasteiger partial charge >= 0.3 is 5.97 Å². The number of hydrogen-bond acceptors (Lipinski definition) is 3. The summed E-state index contributed by atoms with van der Waals surface area (Å²) in [6.07, 6.45) is -0.00905. The normalized spacial score (nSPS) is 10.5. The largest absolute Gasteiger partial charge is 0.481 e. The van der Waals surface area contributed by atoms with Crippen LogP contribution >= 0.6 is 11.8 Å². The molecule has 5 heteroatoms. The molecule has 0 aliphatic heterocycles. The average Bonchev–Trinajstić information content (AvgIpc) is 2.64. The van der Waals surface area contributed by atoms with Crippen LogP contribution in [0, 0.1) is 0 Å². The van der Waals surface area contributed by atoms with Crippen LogP contribution in [-0.2, 0) is 22.7 Å². The molecular weight excluding hydrogens is 355 g/mol. The van der Waals surface area contributed by atoms with Gasteiger partial charge in [-0.15, -0.1) is 0 Å². The molecule has 0 fully saturated rings. The van der Waals surface area contributed by atoms with Crippen LogP contribution in [0.4, 0.5) is 0 Å². The number of thioether (sulfide) groups is 1. The molecule has 3 rings (SSSR count). The highest BCUT2D eigenvalue weighted by Crippen LogP contribution is 2.29. The Labute approximate surface area is 164 Å². The number of carboxylic acids is 1. The van der Waals surface area contributed by atoms with Gasteiger partial charge in [-0.1, -0.05) is 60.1 Å². The number of rotatable bonds is 8. The maximum Gasteiger partial charge on any atom is 0.307 e. The molecule has 136 valence electrons. The molecule has 0 radical (unpaired) electrons. The third-order valence-corrected chi connectivity index (χ3v) is 5.12. The fraction of sp³-hybridized carbons (Fsp3) is 0.136. The molecule has 3 aromatic rings. The van der Waals surface area contributed by atoms with Gasteiger partial charge in [-0.25, -0.2) is 0 Å². The van der Waals surface area contributed by atoms with E-state index in [9.17, 15) is 4.79 Å². The van der Waals surface area contributed by atoms with Crippen molar-refractivity contribution in [1.29, 1.82) is 0 Å². The number of aliphatic carboxylic acids is 1. The van der Waals surface area contributed by atoms with E-state index < -0.39 is 5.97 Å². The summed E-state index contributed by atoms with van der Waals surface area (Å²) in [4.78, 5) is 10.9. The molecule has 0 heterocycles. The average molecular weight is 376 g/mol. The number of benzene rings is 3. The van der Waals surface area contributed by atoms with Crippen LogP contribution < -0.4 is 10.2 Å². The highest BCUT2D eigenvalue weighted by Gasteiger charge is 2.08. The van der Waals surface area contributed by atoms with Crippen molar-refractivity contribution in [2.75, 3.05) is 0 Å². The molecule has 0 aliphatic carbocycles. The Morgan fingerprint density at radius 3 is 2.48 bits per heavy atom. The lowest BCUT2D eigenvalue weighted by molar-refractivity contribution is -0.136. The first-order chi connectivity index (χ1) is 13.1. The summed E-state index contributed by atoms with van der Waals surface area (Å²) in [5.74, 6) is 2.42. The van der Waals surface area contributed by atoms with Crippen LogP contribution in [0.5, 0.6) is 11.5 Å². The fourth-order valence-electron chi connectivity index (χ4n) is 2.79. The number of carboxylic acid groups (broad SMARTS) is 1. The molecule has 0 atom stereocenters. The Morgan fingerprint density at radius 2 is 1.70 bits per heavy atom. The van der Waals surface area contributed by atoms with Crippen molar-refractivity contribution < 1.29 is 14.6 Å². The first-order valence-electron chi connectivity index (χ1n) is 8.80. The zero-order valence-electron chi connectivity index (χ0n) is 15.2. The van der Waals surface area contributed by atoms with Crippen LogP contribution in [0.25, 0.3) is 0 Å². The Balaban J connectivity index is 1.71. The van der Waals surface area contributed by atoms with Crippen LogP contribution in [0.3, 0.4) is 0 Å². The Morgan fingerprint density at radius 1 is 0.926 bits per heavy atom. The van der Waals surface area contributed by atoms with Crippen LogP contribution in [-0.4, -0.2) is 18.9 Å². The molecule has 0 aromatic heterocycles. The van der Waals surface area contributed by atoms with E-state index in [0.717, 1.165) is 28.4 Å². The zero-order chi connectivity index (χ0) is 19.1. The van der Waals surface area contributed by atoms with Gasteiger partial charge < -0.3 is 9.84 Å². The minimum atomic E-state index is -0.847. The Kier molecular flexibility index (Phi) is 6.61. The fourth-order valence-corrected chi connectivity index (χ4v) is 3.77. The highest BCUT2D eigenvalue weighted by molar-refractivity contribution is 7.97. The van der Waals surface area contributed by atoms with Crippen molar-refractivity contribution in [3.05, 3.63) is 89.5 Å². The van der Waals surface area contributed by atoms with Crippen molar-refractivity contribution in [2.24, 2.45) is 0 Å². The third kappa shape index (κ3) is 5.93. The van der Waals surface area contributed by atoms with Gasteiger partial charge in [0.05, 0.1) is 6.42 Å². The van der Waals surface area contributed by atoms with Gasteiger partial charge in [0.15, 0.2) is 0 Å². The highest BCUT2D eigenvalue weighted by atomic mass is 32.2. The Hall–Kier alpha value is -2.66. The minimum absolute atomic E-state index is 0.00905. The first-order valence-corrected chi connectivity index (χ1v) is 9.95. The quantitative estimate of drug-likeness (QED) is 0.608. The lowest BCUT2D eigenvalue weighted by Crippen LogP contribution is -2.04. The predicted molar refractivity (Wildman–Crippen MR) is 114 cm³/mol. The van der Waals surface area contributed by atoms with Crippen molar-refractivity contribution >= 4 is 31.0 Å². The van der Waals surface area contributed by atoms with Crippen LogP contribution in [0.15, 0.2) is 72.8 Å². The molecule has 0 saturated heterocycles. The maximum atomic E-state index is 10.9. The zero-order valence-corrected chi connectivity index (χ0v) is 16.0. The number of carbonyl (C=O) groups is 1. The minimum Gasteiger partial charge on any atom is -0.481 e. The van der Waals surface area contributed by atoms with Gasteiger partial charge in [0.2, 0.25) is 0 Å². The Bertz CT molecular complexity index is 912. The molecular formula is C22H21BO3S. The molecule has 3 nitrogen and oxygen atoms in total. The standard InChI is InChI=1S/C22H21BO3S/c23-19-9-10-21(26-20-8-4-7-17(11-20)12-22(24)25)18(13-19)15-27-14-16-5-2-1-3-6-16/h1-11,13H,12,14-15,23H2,(H,24,25). The van der Waals surface area contributed by atoms with E-state index in [-0.39, 0.29) is 6.42 Å². The van der Waals surface area contributed by atoms with E-state index in [1.165, 1.54) is 11.0 Å². The van der Waals surface area contributed by atoms with E-state index >= 15 is 0 Å². The summed E-state index contributed by atoms with van der Waals surface area (Å²) in [6, 6.07) is 23.8. The van der Waals surface area contributed by atoms with Crippen LogP contribution in [0.1, 0.15) is 16.7 Å². The second kappa shape index (κ2) is 9.33. The number of ether oxygens (including phenoxy) is 1. The van der Waals surface area contributed by atoms with E-state index in [4.69, 9.17) is 9.84 Å². The number of hydrogen-bond donors (Lipinski definition) is 1. The summed E-state index contributed by atoms with van der Waals surface area (Å²) < 4.78 is 6.08. The molecule has 0 amide bonds. The molecule has 0 saturated carbocycles. The van der Waals surface area contributed by atoms with E-state index in [1.54, 1.807) is 12.1 Å². The molecule has 27 heavy (non-hydrogen) atoms. The summed E-state index contributed by atoms with van der Waals surface area (Å²) in [5.41, 5.74) is 4.36. The van der Waals surface area contributed by atoms with E-state index in [0.29, 0.717) is 5.75 Å². The SMILES string of the molecule is Bc1ccc(Oc2cccc(CC(=O)O)c2)c(CSCc2ccccc2)c1. The first kappa shape index (κ1) is 19.1. The molecule has 0 unspecified atom stereocenters. The summed E-state index contributed by atoms with van der Waals surface area (Å²) in [7, 11) is 2.07. The lowest BCUT2D eigenvalue weighted by atomic mass is 9.94. The maximum absolute atomic E-state index is 10.9. The predicted octanol–water partition coefficient (Wildman–Crippen LogP) is 3.80. The summed E-state index contributed by atoms with van der Waals surface area (Å²) in [6.45, 7) is 0. The van der Waals surface area contributed by atoms with Crippen molar-refractivity contribution in [2.45, 2.75) is 17.9 Å². The van der Waals surface area contributed by atoms with Gasteiger partial charge in [0.1, 0.15) is 19.3 Å². The molecule has 0 spiro atoms. The monoisotopic (exact) mass is 376 g/mol. The van der Waals surface area contributed by atoms with E-state index in [1.807, 2.05) is 42.1 Å². The lowest BCUT2D eigenvalue weighted by Gasteiger charge is -2.13. The molecule has 0 aliphatic rings.